The molecule has 0 atom stereocenters. The van der Waals surface area contributed by atoms with Crippen LogP contribution in [0.25, 0.3) is 0 Å². The Kier molecular flexibility index (Phi) is 5.20. The Bertz CT molecular complexity index is 214. The van der Waals surface area contributed by atoms with Crippen LogP contribution in [0.3, 0.4) is 0 Å². The van der Waals surface area contributed by atoms with Crippen LogP contribution in [0.15, 0.2) is 30.3 Å². The predicted octanol–water partition coefficient (Wildman–Crippen LogP) is 3.76. The standard InChI is InChI=1S/C8H9.2C2H5.Al/c1-2-8-6-4-3-5-7-8;2*1-2;/h3-7H,1-2H2;2*1H2,2H3;. The van der Waals surface area contributed by atoms with Crippen LogP contribution in [0.5, 0.6) is 0 Å². The lowest BCUT2D eigenvalue weighted by Crippen LogP contribution is -2.09. The van der Waals surface area contributed by atoms with E-state index in [9.17, 15) is 0 Å². The first kappa shape index (κ1) is 10.8. The summed E-state index contributed by atoms with van der Waals surface area (Å²) in [5.74, 6) is 0. The summed E-state index contributed by atoms with van der Waals surface area (Å²) in [5, 5.41) is 4.41. The second-order valence-corrected chi connectivity index (χ2v) is 7.65. The molecule has 0 saturated heterocycles. The van der Waals surface area contributed by atoms with E-state index in [-0.39, 0.29) is 14.1 Å². The molecule has 0 aliphatic carbocycles. The Morgan fingerprint density at radius 2 is 1.62 bits per heavy atom. The van der Waals surface area contributed by atoms with E-state index in [1.165, 1.54) is 27.8 Å². The summed E-state index contributed by atoms with van der Waals surface area (Å²) < 4.78 is 0. The first-order chi connectivity index (χ1) is 6.36. The van der Waals surface area contributed by atoms with Crippen LogP contribution < -0.4 is 0 Å². The fraction of sp³-hybridized carbons (Fsp3) is 0.500. The molecule has 0 aromatic heterocycles. The molecular formula is C12H19Al. The number of hydrogen-bond donors (Lipinski definition) is 0. The van der Waals surface area contributed by atoms with Crippen molar-refractivity contribution in [3.05, 3.63) is 35.9 Å². The molecule has 1 aromatic carbocycles. The third kappa shape index (κ3) is 3.98. The summed E-state index contributed by atoms with van der Waals surface area (Å²) in [7, 11) is 0. The Balaban J connectivity index is 2.34. The summed E-state index contributed by atoms with van der Waals surface area (Å²) in [6, 6.07) is 10.9. The third-order valence-electron chi connectivity index (χ3n) is 2.84. The molecule has 0 radical (unpaired) electrons. The molecule has 1 rings (SSSR count). The van der Waals surface area contributed by atoms with E-state index in [1.54, 1.807) is 0 Å². The number of rotatable bonds is 5. The maximum absolute atomic E-state index is 2.35. The quantitative estimate of drug-likeness (QED) is 0.620. The summed E-state index contributed by atoms with van der Waals surface area (Å²) >= 11 is -0.362. The molecule has 0 spiro atoms. The zero-order valence-corrected chi connectivity index (χ0v) is 9.95. The minimum atomic E-state index is -0.362. The number of hydrogen-bond acceptors (Lipinski definition) is 0. The average Bonchev–Trinajstić information content (AvgIpc) is 2.21. The topological polar surface area (TPSA) is 0 Å². The van der Waals surface area contributed by atoms with Gasteiger partial charge in [-0.15, -0.1) is 0 Å². The van der Waals surface area contributed by atoms with Crippen molar-refractivity contribution < 1.29 is 0 Å². The highest BCUT2D eigenvalue weighted by atomic mass is 27.2. The van der Waals surface area contributed by atoms with Crippen molar-refractivity contribution >= 4 is 14.1 Å². The van der Waals surface area contributed by atoms with Crippen LogP contribution in [-0.4, -0.2) is 14.1 Å². The Morgan fingerprint density at radius 3 is 2.15 bits per heavy atom. The largest absolute Gasteiger partial charge is 0.261 e. The van der Waals surface area contributed by atoms with Crippen molar-refractivity contribution in [1.29, 1.82) is 0 Å². The molecule has 13 heavy (non-hydrogen) atoms. The molecule has 1 heteroatoms. The van der Waals surface area contributed by atoms with Gasteiger partial charge in [0.1, 0.15) is 0 Å². The SMILES string of the molecule is C[CH2][Al]([CH2]C)[CH2]Cc1ccccc1. The minimum Gasteiger partial charge on any atom is -0.0967 e. The third-order valence-corrected chi connectivity index (χ3v) is 6.25. The molecule has 0 unspecified atom stereocenters. The van der Waals surface area contributed by atoms with Gasteiger partial charge in [-0.25, -0.2) is 0 Å². The minimum absolute atomic E-state index is 0.362. The Hall–Kier alpha value is -0.248. The molecule has 0 aliphatic rings. The van der Waals surface area contributed by atoms with Gasteiger partial charge < -0.3 is 0 Å². The maximum Gasteiger partial charge on any atom is 0.261 e. The van der Waals surface area contributed by atoms with Crippen LogP contribution >= 0.6 is 0 Å². The summed E-state index contributed by atoms with van der Waals surface area (Å²) in [6.45, 7) is 4.71. The van der Waals surface area contributed by atoms with Crippen LogP contribution in [0, 0.1) is 0 Å². The highest BCUT2D eigenvalue weighted by Crippen LogP contribution is 2.10. The molecule has 0 amide bonds. The maximum atomic E-state index is 2.35. The van der Waals surface area contributed by atoms with Gasteiger partial charge in [-0.3, -0.25) is 0 Å². The van der Waals surface area contributed by atoms with Gasteiger partial charge in [0.15, 0.2) is 0 Å². The molecule has 0 aliphatic heterocycles. The van der Waals surface area contributed by atoms with E-state index in [0.717, 1.165) is 0 Å². The molecule has 0 saturated carbocycles. The summed E-state index contributed by atoms with van der Waals surface area (Å²) in [6.07, 6.45) is 1.30. The lowest BCUT2D eigenvalue weighted by atomic mass is 10.2. The Labute approximate surface area is 86.4 Å². The normalized spacial score (nSPS) is 10.0. The Morgan fingerprint density at radius 1 is 1.00 bits per heavy atom. The van der Waals surface area contributed by atoms with E-state index in [0.29, 0.717) is 0 Å². The van der Waals surface area contributed by atoms with Crippen LogP contribution in [0.2, 0.25) is 15.8 Å². The van der Waals surface area contributed by atoms with Crippen molar-refractivity contribution in [1.82, 2.24) is 0 Å². The number of aryl methyl sites for hydroxylation is 1. The molecule has 0 fully saturated rings. The molecular weight excluding hydrogens is 171 g/mol. The van der Waals surface area contributed by atoms with Crippen LogP contribution in [0.1, 0.15) is 19.4 Å². The van der Waals surface area contributed by atoms with E-state index in [1.807, 2.05) is 0 Å². The zero-order valence-electron chi connectivity index (χ0n) is 8.79. The van der Waals surface area contributed by atoms with Gasteiger partial charge in [-0.2, -0.15) is 0 Å². The highest BCUT2D eigenvalue weighted by molar-refractivity contribution is 6.58. The summed E-state index contributed by atoms with van der Waals surface area (Å²) in [4.78, 5) is 0. The van der Waals surface area contributed by atoms with E-state index >= 15 is 0 Å². The predicted molar refractivity (Wildman–Crippen MR) is 61.7 cm³/mol. The van der Waals surface area contributed by atoms with Gasteiger partial charge in [-0.05, 0) is 12.0 Å². The van der Waals surface area contributed by atoms with Gasteiger partial charge in [0.2, 0.25) is 0 Å². The van der Waals surface area contributed by atoms with E-state index < -0.39 is 0 Å². The van der Waals surface area contributed by atoms with Crippen LogP contribution in [0.4, 0.5) is 0 Å². The monoisotopic (exact) mass is 190 g/mol. The molecule has 0 nitrogen and oxygen atoms in total. The fourth-order valence-electron chi connectivity index (χ4n) is 1.71. The van der Waals surface area contributed by atoms with Gasteiger partial charge in [0.05, 0.1) is 0 Å². The van der Waals surface area contributed by atoms with Crippen molar-refractivity contribution in [2.45, 2.75) is 36.1 Å². The van der Waals surface area contributed by atoms with Crippen molar-refractivity contribution in [2.24, 2.45) is 0 Å². The smallest absolute Gasteiger partial charge is 0.0967 e. The van der Waals surface area contributed by atoms with Crippen molar-refractivity contribution in [3.8, 4) is 0 Å². The summed E-state index contributed by atoms with van der Waals surface area (Å²) in [5.41, 5.74) is 1.52. The lowest BCUT2D eigenvalue weighted by Gasteiger charge is -2.05. The van der Waals surface area contributed by atoms with Gasteiger partial charge >= 0.3 is 0 Å². The molecule has 1 aromatic rings. The first-order valence-corrected chi connectivity index (χ1v) is 7.85. The number of benzene rings is 1. The molecule has 70 valence electrons. The lowest BCUT2D eigenvalue weighted by molar-refractivity contribution is 1.08. The second kappa shape index (κ2) is 6.24. The molecule has 0 heterocycles. The first-order valence-electron chi connectivity index (χ1n) is 5.40. The van der Waals surface area contributed by atoms with E-state index in [4.69, 9.17) is 0 Å². The van der Waals surface area contributed by atoms with Crippen molar-refractivity contribution in [3.63, 3.8) is 0 Å². The molecule has 0 bridgehead atoms. The second-order valence-electron chi connectivity index (χ2n) is 3.71. The zero-order chi connectivity index (χ0) is 9.52. The fourth-order valence-corrected chi connectivity index (χ4v) is 3.85. The van der Waals surface area contributed by atoms with Crippen molar-refractivity contribution in [2.75, 3.05) is 0 Å². The van der Waals surface area contributed by atoms with Gasteiger partial charge in [-0.1, -0.05) is 60.0 Å². The van der Waals surface area contributed by atoms with Crippen LogP contribution in [-0.2, 0) is 6.42 Å². The molecule has 0 N–H and O–H groups in total. The van der Waals surface area contributed by atoms with Gasteiger partial charge in [0, 0.05) is 0 Å². The average molecular weight is 190 g/mol. The van der Waals surface area contributed by atoms with Gasteiger partial charge in [0.25, 0.3) is 14.1 Å². The highest BCUT2D eigenvalue weighted by Gasteiger charge is 2.10. The van der Waals surface area contributed by atoms with E-state index in [2.05, 4.69) is 44.2 Å².